The van der Waals surface area contributed by atoms with E-state index in [2.05, 4.69) is 30.0 Å². The smallest absolute Gasteiger partial charge is 0.0349 e. The highest BCUT2D eigenvalue weighted by atomic mass is 31.0. The van der Waals surface area contributed by atoms with Crippen molar-refractivity contribution >= 4 is 9.24 Å². The third-order valence-electron chi connectivity index (χ3n) is 2.81. The molecule has 1 aliphatic rings. The van der Waals surface area contributed by atoms with Crippen LogP contribution in [0.4, 0.5) is 0 Å². The van der Waals surface area contributed by atoms with E-state index < -0.39 is 0 Å². The van der Waals surface area contributed by atoms with Crippen molar-refractivity contribution in [3.8, 4) is 0 Å². The maximum atomic E-state index is 2.89. The monoisotopic (exact) mass is 172 g/mol. The zero-order valence-corrected chi connectivity index (χ0v) is 9.22. The Hall–Kier alpha value is 0.430. The lowest BCUT2D eigenvalue weighted by molar-refractivity contribution is 0.145. The number of hydrogen-bond donors (Lipinski definition) is 0. The van der Waals surface area contributed by atoms with Gasteiger partial charge in [-0.2, -0.15) is 0 Å². The highest BCUT2D eigenvalue weighted by molar-refractivity contribution is 7.16. The Morgan fingerprint density at radius 2 is 2.00 bits per heavy atom. The fourth-order valence-corrected chi connectivity index (χ4v) is 3.08. The fourth-order valence-electron chi connectivity index (χ4n) is 2.72. The molecule has 0 aromatic heterocycles. The van der Waals surface area contributed by atoms with E-state index in [1.54, 1.807) is 0 Å². The zero-order valence-electron chi connectivity index (χ0n) is 8.06. The maximum Gasteiger partial charge on any atom is -0.0349 e. The van der Waals surface area contributed by atoms with Gasteiger partial charge in [-0.15, -0.1) is 9.24 Å². The molecule has 0 bridgehead atoms. The van der Waals surface area contributed by atoms with Gasteiger partial charge >= 0.3 is 0 Å². The Balaban J connectivity index is 2.51. The fraction of sp³-hybridized carbons (Fsp3) is 1.00. The molecule has 0 N–H and O–H groups in total. The molecule has 3 unspecified atom stereocenters. The number of hydrogen-bond acceptors (Lipinski definition) is 0. The van der Waals surface area contributed by atoms with Crippen LogP contribution in [0, 0.1) is 17.3 Å². The molecule has 1 heteroatoms. The largest absolute Gasteiger partial charge is 0.137 e. The first-order valence-electron chi connectivity index (χ1n) is 4.73. The molecule has 0 aliphatic heterocycles. The molecule has 1 rings (SSSR count). The lowest BCUT2D eigenvalue weighted by atomic mass is 9.68. The van der Waals surface area contributed by atoms with E-state index in [4.69, 9.17) is 0 Å². The van der Waals surface area contributed by atoms with Gasteiger partial charge in [-0.3, -0.25) is 0 Å². The molecule has 1 fully saturated rings. The summed E-state index contributed by atoms with van der Waals surface area (Å²) in [6.45, 7) is 7.22. The van der Waals surface area contributed by atoms with Crippen LogP contribution in [0.25, 0.3) is 0 Å². The molecule has 0 aromatic rings. The molecule has 1 saturated carbocycles. The van der Waals surface area contributed by atoms with Gasteiger partial charge in [0.25, 0.3) is 0 Å². The second-order valence-corrected chi connectivity index (χ2v) is 5.49. The van der Waals surface area contributed by atoms with Gasteiger partial charge in [0.05, 0.1) is 0 Å². The van der Waals surface area contributed by atoms with Gasteiger partial charge in [0.2, 0.25) is 0 Å². The topological polar surface area (TPSA) is 0 Å². The quantitative estimate of drug-likeness (QED) is 0.532. The van der Waals surface area contributed by atoms with Crippen LogP contribution in [0.15, 0.2) is 0 Å². The Bertz CT molecular complexity index is 129. The summed E-state index contributed by atoms with van der Waals surface area (Å²) >= 11 is 0. The van der Waals surface area contributed by atoms with Gasteiger partial charge in [-0.05, 0) is 42.7 Å². The normalized spacial score (nSPS) is 37.1. The van der Waals surface area contributed by atoms with Crippen molar-refractivity contribution in [2.45, 2.75) is 40.0 Å². The van der Waals surface area contributed by atoms with Gasteiger partial charge in [0.1, 0.15) is 0 Å². The maximum absolute atomic E-state index is 2.89. The average molecular weight is 172 g/mol. The molecule has 11 heavy (non-hydrogen) atoms. The minimum atomic E-state index is 0.610. The molecular formula is C10H21P. The molecule has 3 atom stereocenters. The van der Waals surface area contributed by atoms with E-state index >= 15 is 0 Å². The minimum Gasteiger partial charge on any atom is -0.137 e. The summed E-state index contributed by atoms with van der Waals surface area (Å²) in [7, 11) is 2.89. The average Bonchev–Trinajstić information content (AvgIpc) is 1.83. The van der Waals surface area contributed by atoms with Crippen molar-refractivity contribution in [1.29, 1.82) is 0 Å². The predicted octanol–water partition coefficient (Wildman–Crippen LogP) is 3.32. The second kappa shape index (κ2) is 3.44. The van der Waals surface area contributed by atoms with E-state index in [-0.39, 0.29) is 0 Å². The van der Waals surface area contributed by atoms with Crippen molar-refractivity contribution in [3.63, 3.8) is 0 Å². The Kier molecular flexibility index (Phi) is 2.97. The van der Waals surface area contributed by atoms with Crippen molar-refractivity contribution in [2.75, 3.05) is 6.16 Å². The standard InChI is InChI=1S/C10H21P/c1-8-4-9(7-11)6-10(2,3)5-8/h8-9H,4-7,11H2,1-3H3. The van der Waals surface area contributed by atoms with Crippen molar-refractivity contribution in [3.05, 3.63) is 0 Å². The van der Waals surface area contributed by atoms with Crippen LogP contribution >= 0.6 is 9.24 Å². The Morgan fingerprint density at radius 3 is 2.45 bits per heavy atom. The van der Waals surface area contributed by atoms with Crippen LogP contribution in [0.1, 0.15) is 40.0 Å². The molecule has 0 saturated heterocycles. The zero-order chi connectivity index (χ0) is 8.48. The third-order valence-corrected chi connectivity index (χ3v) is 3.48. The summed E-state index contributed by atoms with van der Waals surface area (Å²) in [5.41, 5.74) is 0.610. The summed E-state index contributed by atoms with van der Waals surface area (Å²) in [5.74, 6) is 1.92. The summed E-state index contributed by atoms with van der Waals surface area (Å²) in [4.78, 5) is 0. The Labute approximate surface area is 73.3 Å². The van der Waals surface area contributed by atoms with Crippen molar-refractivity contribution < 1.29 is 0 Å². The van der Waals surface area contributed by atoms with Crippen molar-refractivity contribution in [1.82, 2.24) is 0 Å². The van der Waals surface area contributed by atoms with E-state index in [9.17, 15) is 0 Å². The molecule has 0 amide bonds. The molecule has 66 valence electrons. The van der Waals surface area contributed by atoms with E-state index in [0.29, 0.717) is 5.41 Å². The number of rotatable bonds is 1. The van der Waals surface area contributed by atoms with Crippen LogP contribution in [0.5, 0.6) is 0 Å². The van der Waals surface area contributed by atoms with Crippen LogP contribution in [0.2, 0.25) is 0 Å². The van der Waals surface area contributed by atoms with Gasteiger partial charge < -0.3 is 0 Å². The van der Waals surface area contributed by atoms with Gasteiger partial charge in [0, 0.05) is 0 Å². The molecule has 0 radical (unpaired) electrons. The summed E-state index contributed by atoms with van der Waals surface area (Å²) in [6, 6.07) is 0. The molecule has 0 nitrogen and oxygen atoms in total. The lowest BCUT2D eigenvalue weighted by Gasteiger charge is -2.38. The van der Waals surface area contributed by atoms with Crippen LogP contribution < -0.4 is 0 Å². The summed E-state index contributed by atoms with van der Waals surface area (Å²) in [5, 5.41) is 0. The van der Waals surface area contributed by atoms with Crippen molar-refractivity contribution in [2.24, 2.45) is 17.3 Å². The van der Waals surface area contributed by atoms with E-state index in [1.807, 2.05) is 0 Å². The molecular weight excluding hydrogens is 151 g/mol. The molecule has 0 heterocycles. The Morgan fingerprint density at radius 1 is 1.36 bits per heavy atom. The summed E-state index contributed by atoms with van der Waals surface area (Å²) < 4.78 is 0. The van der Waals surface area contributed by atoms with Gasteiger partial charge in [-0.1, -0.05) is 20.8 Å². The van der Waals surface area contributed by atoms with Crippen LogP contribution in [0.3, 0.4) is 0 Å². The van der Waals surface area contributed by atoms with Crippen LogP contribution in [-0.2, 0) is 0 Å². The molecule has 0 aromatic carbocycles. The van der Waals surface area contributed by atoms with Gasteiger partial charge in [0.15, 0.2) is 0 Å². The lowest BCUT2D eigenvalue weighted by Crippen LogP contribution is -2.28. The van der Waals surface area contributed by atoms with Gasteiger partial charge in [-0.25, -0.2) is 0 Å². The first-order valence-corrected chi connectivity index (χ1v) is 5.55. The highest BCUT2D eigenvalue weighted by Crippen LogP contribution is 2.41. The third kappa shape index (κ3) is 2.75. The first kappa shape index (κ1) is 9.52. The van der Waals surface area contributed by atoms with E-state index in [1.165, 1.54) is 25.4 Å². The van der Waals surface area contributed by atoms with E-state index in [0.717, 1.165) is 11.8 Å². The SMILES string of the molecule is CC1CC(CP)CC(C)(C)C1. The first-order chi connectivity index (χ1) is 5.03. The molecule has 0 spiro atoms. The van der Waals surface area contributed by atoms with Crippen LogP contribution in [-0.4, -0.2) is 6.16 Å². The highest BCUT2D eigenvalue weighted by Gasteiger charge is 2.30. The predicted molar refractivity (Wildman–Crippen MR) is 54.9 cm³/mol. The summed E-state index contributed by atoms with van der Waals surface area (Å²) in [6.07, 6.45) is 5.61. The minimum absolute atomic E-state index is 0.610. The second-order valence-electron chi connectivity index (χ2n) is 5.02. The molecule has 1 aliphatic carbocycles.